The maximum atomic E-state index is 11.5. The second kappa shape index (κ2) is 7.92. The molecule has 0 aromatic rings. The third-order valence-corrected chi connectivity index (χ3v) is 1.44. The molecule has 0 aromatic heterocycles. The van der Waals surface area contributed by atoms with Gasteiger partial charge in [0.05, 0.1) is 0 Å². The summed E-state index contributed by atoms with van der Waals surface area (Å²) in [7, 11) is -2.19. The molecule has 0 aliphatic heterocycles. The summed E-state index contributed by atoms with van der Waals surface area (Å²) in [5.41, 5.74) is 1.52. The van der Waals surface area contributed by atoms with Gasteiger partial charge in [-0.15, -0.1) is 4.48 Å². The summed E-state index contributed by atoms with van der Waals surface area (Å²) in [6, 6.07) is 0. The van der Waals surface area contributed by atoms with Crippen molar-refractivity contribution >= 4 is 7.27 Å². The van der Waals surface area contributed by atoms with Crippen LogP contribution in [0.2, 0.25) is 6.32 Å². The summed E-state index contributed by atoms with van der Waals surface area (Å²) in [6.07, 6.45) is 2.84. The molecule has 1 N–H and O–H groups in total. The fourth-order valence-electron chi connectivity index (χ4n) is 0.844. The molecule has 0 aliphatic carbocycles. The first-order valence-electron chi connectivity index (χ1n) is 3.89. The molecule has 0 fully saturated rings. The van der Waals surface area contributed by atoms with Crippen LogP contribution < -0.4 is 5.54 Å². The van der Waals surface area contributed by atoms with Crippen molar-refractivity contribution in [2.24, 2.45) is 0 Å². The average molecular weight is 167 g/mol. The molecule has 0 saturated heterocycles. The number of unbranched alkanes of at least 4 members (excludes halogenated alkanes) is 3. The molecule has 0 spiro atoms. The Kier molecular flexibility index (Phi) is 7.78. The van der Waals surface area contributed by atoms with Crippen LogP contribution in [0, 0.1) is 0 Å². The Morgan fingerprint density at radius 3 is 2.18 bits per heavy atom. The number of halogens is 3. The van der Waals surface area contributed by atoms with E-state index in [-0.39, 0.29) is 6.32 Å². The van der Waals surface area contributed by atoms with Crippen molar-refractivity contribution in [3.8, 4) is 0 Å². The highest BCUT2D eigenvalue weighted by atomic mass is 19.2. The van der Waals surface area contributed by atoms with Crippen molar-refractivity contribution in [3.63, 3.8) is 0 Å². The zero-order chi connectivity index (χ0) is 8.53. The fourth-order valence-corrected chi connectivity index (χ4v) is 0.844. The molecular formula is C6H13BF3N. The Bertz CT molecular complexity index is 82.2. The topological polar surface area (TPSA) is 12.0 Å². The van der Waals surface area contributed by atoms with Gasteiger partial charge >= 0.3 is 7.27 Å². The molecule has 0 bridgehead atoms. The molecule has 0 unspecified atom stereocenters. The predicted molar refractivity (Wildman–Crippen MR) is 40.4 cm³/mol. The van der Waals surface area contributed by atoms with Crippen molar-refractivity contribution in [1.82, 2.24) is 5.54 Å². The van der Waals surface area contributed by atoms with E-state index in [1.54, 1.807) is 0 Å². The number of nitrogens with one attached hydrogen (secondary N) is 1. The highest BCUT2D eigenvalue weighted by Gasteiger charge is 2.09. The Morgan fingerprint density at radius 2 is 1.64 bits per heavy atom. The van der Waals surface area contributed by atoms with Crippen molar-refractivity contribution in [2.45, 2.75) is 32.0 Å². The highest BCUT2D eigenvalue weighted by molar-refractivity contribution is 6.42. The summed E-state index contributed by atoms with van der Waals surface area (Å²) in [5, 5.41) is 0. The summed E-state index contributed by atoms with van der Waals surface area (Å²) in [5.74, 6) is 0. The van der Waals surface area contributed by atoms with E-state index in [0.717, 1.165) is 19.3 Å². The molecule has 0 aliphatic rings. The average Bonchev–Trinajstić information content (AvgIpc) is 1.96. The first-order valence-corrected chi connectivity index (χ1v) is 3.89. The van der Waals surface area contributed by atoms with Gasteiger partial charge in [-0.1, -0.05) is 19.3 Å². The quantitative estimate of drug-likeness (QED) is 0.348. The number of rotatable bonds is 7. The van der Waals surface area contributed by atoms with Gasteiger partial charge in [0.25, 0.3) is 0 Å². The van der Waals surface area contributed by atoms with Crippen LogP contribution in [0.4, 0.5) is 13.1 Å². The van der Waals surface area contributed by atoms with Gasteiger partial charge in [0.15, 0.2) is 0 Å². The normalized spacial score (nSPS) is 10.1. The van der Waals surface area contributed by atoms with Gasteiger partial charge < -0.3 is 0 Å². The largest absolute Gasteiger partial charge is 0.538 e. The zero-order valence-electron chi connectivity index (χ0n) is 6.45. The standard InChI is InChI=1S/C6H13BF3N/c8-7(9)5-3-1-2-4-6-11-10/h11H,1-6H2. The molecule has 0 radical (unpaired) electrons. The minimum atomic E-state index is -2.19. The van der Waals surface area contributed by atoms with Crippen LogP contribution in [0.1, 0.15) is 25.7 Å². The smallest absolute Gasteiger partial charge is 0.287 e. The second-order valence-corrected chi connectivity index (χ2v) is 2.48. The van der Waals surface area contributed by atoms with Gasteiger partial charge in [0.2, 0.25) is 0 Å². The van der Waals surface area contributed by atoms with Crippen LogP contribution in [-0.4, -0.2) is 13.8 Å². The Morgan fingerprint density at radius 1 is 1.00 bits per heavy atom. The number of hydrogen-bond donors (Lipinski definition) is 1. The Hall–Kier alpha value is -0.185. The van der Waals surface area contributed by atoms with E-state index in [1.807, 2.05) is 0 Å². The van der Waals surface area contributed by atoms with Crippen LogP contribution in [-0.2, 0) is 0 Å². The maximum absolute atomic E-state index is 11.5. The van der Waals surface area contributed by atoms with Crippen molar-refractivity contribution in [3.05, 3.63) is 0 Å². The van der Waals surface area contributed by atoms with Gasteiger partial charge in [-0.25, -0.2) is 0 Å². The van der Waals surface area contributed by atoms with Gasteiger partial charge in [-0.3, -0.25) is 8.63 Å². The van der Waals surface area contributed by atoms with E-state index in [0.29, 0.717) is 13.0 Å². The zero-order valence-corrected chi connectivity index (χ0v) is 6.45. The molecule has 5 heteroatoms. The molecule has 0 aromatic carbocycles. The Balaban J connectivity index is 2.80. The minimum absolute atomic E-state index is 0.0247. The third-order valence-electron chi connectivity index (χ3n) is 1.44. The van der Waals surface area contributed by atoms with E-state index in [4.69, 9.17) is 0 Å². The van der Waals surface area contributed by atoms with Crippen LogP contribution in [0.3, 0.4) is 0 Å². The molecule has 0 atom stereocenters. The van der Waals surface area contributed by atoms with Gasteiger partial charge in [-0.05, 0) is 12.7 Å². The van der Waals surface area contributed by atoms with Crippen molar-refractivity contribution in [2.75, 3.05) is 6.54 Å². The molecule has 0 heterocycles. The Labute approximate surface area is 65.5 Å². The van der Waals surface area contributed by atoms with Crippen molar-refractivity contribution < 1.29 is 13.1 Å². The SMILES string of the molecule is FNCCCCCCB(F)F. The summed E-state index contributed by atoms with van der Waals surface area (Å²) < 4.78 is 34.3. The maximum Gasteiger partial charge on any atom is 0.538 e. The van der Waals surface area contributed by atoms with Gasteiger partial charge in [-0.2, -0.15) is 5.54 Å². The van der Waals surface area contributed by atoms with Gasteiger partial charge in [0, 0.05) is 6.54 Å². The highest BCUT2D eigenvalue weighted by Crippen LogP contribution is 2.06. The number of hydrogen-bond acceptors (Lipinski definition) is 1. The fraction of sp³-hybridized carbons (Fsp3) is 1.00. The molecule has 0 amide bonds. The minimum Gasteiger partial charge on any atom is -0.287 e. The first kappa shape index (κ1) is 10.8. The van der Waals surface area contributed by atoms with Crippen LogP contribution >= 0.6 is 0 Å². The lowest BCUT2D eigenvalue weighted by atomic mass is 9.89. The summed E-state index contributed by atoms with van der Waals surface area (Å²) in [4.78, 5) is 0. The predicted octanol–water partition coefficient (Wildman–Crippen LogP) is 2.45. The van der Waals surface area contributed by atoms with E-state index < -0.39 is 7.27 Å². The monoisotopic (exact) mass is 167 g/mol. The van der Waals surface area contributed by atoms with Crippen LogP contribution in [0.5, 0.6) is 0 Å². The van der Waals surface area contributed by atoms with E-state index in [9.17, 15) is 13.1 Å². The molecule has 0 saturated carbocycles. The van der Waals surface area contributed by atoms with Crippen LogP contribution in [0.25, 0.3) is 0 Å². The first-order chi connectivity index (χ1) is 5.27. The van der Waals surface area contributed by atoms with E-state index in [1.165, 1.54) is 5.54 Å². The van der Waals surface area contributed by atoms with Crippen molar-refractivity contribution in [1.29, 1.82) is 0 Å². The molecule has 66 valence electrons. The van der Waals surface area contributed by atoms with Crippen LogP contribution in [0.15, 0.2) is 0 Å². The molecular weight excluding hydrogens is 154 g/mol. The lowest BCUT2D eigenvalue weighted by molar-refractivity contribution is 0.328. The second-order valence-electron chi connectivity index (χ2n) is 2.48. The molecule has 11 heavy (non-hydrogen) atoms. The lowest BCUT2D eigenvalue weighted by Crippen LogP contribution is -2.01. The summed E-state index contributed by atoms with van der Waals surface area (Å²) >= 11 is 0. The van der Waals surface area contributed by atoms with Gasteiger partial charge in [0.1, 0.15) is 0 Å². The van der Waals surface area contributed by atoms with E-state index >= 15 is 0 Å². The molecule has 1 nitrogen and oxygen atoms in total. The molecule has 0 rings (SSSR count). The lowest BCUT2D eigenvalue weighted by Gasteiger charge is -1.97. The summed E-state index contributed by atoms with van der Waals surface area (Å²) in [6.45, 7) is 0.328. The van der Waals surface area contributed by atoms with E-state index in [2.05, 4.69) is 0 Å². The third kappa shape index (κ3) is 9.81.